The number of hydrogen-bond donors (Lipinski definition) is 0. The van der Waals surface area contributed by atoms with E-state index in [1.54, 1.807) is 0 Å². The number of carbonyl (C=O) groups is 3. The maximum Gasteiger partial charge on any atom is 0.306 e. The fraction of sp³-hybridized carbons (Fsp3) is 0.824. The van der Waals surface area contributed by atoms with Crippen LogP contribution in [0.2, 0.25) is 0 Å². The van der Waals surface area contributed by atoms with Gasteiger partial charge in [0.2, 0.25) is 0 Å². The molecule has 0 amide bonds. The molecule has 0 aliphatic rings. The number of hydrogen-bond acceptors (Lipinski definition) is 6. The first kappa shape index (κ1) is 77.1. The maximum absolute atomic E-state index is 12.9. The van der Waals surface area contributed by atoms with Crippen molar-refractivity contribution in [3.05, 3.63) is 60.8 Å². The van der Waals surface area contributed by atoms with Gasteiger partial charge in [0, 0.05) is 19.3 Å². The van der Waals surface area contributed by atoms with E-state index in [1.807, 2.05) is 0 Å². The number of esters is 3. The normalized spacial score (nSPS) is 12.4. The van der Waals surface area contributed by atoms with E-state index < -0.39 is 6.10 Å². The second-order valence-corrected chi connectivity index (χ2v) is 23.8. The van der Waals surface area contributed by atoms with Gasteiger partial charge in [-0.2, -0.15) is 0 Å². The van der Waals surface area contributed by atoms with Crippen LogP contribution in [0.1, 0.15) is 374 Å². The number of ether oxygens (including phenoxy) is 3. The lowest BCUT2D eigenvalue weighted by atomic mass is 10.0. The van der Waals surface area contributed by atoms with E-state index in [2.05, 4.69) is 81.5 Å². The summed E-state index contributed by atoms with van der Waals surface area (Å²) in [6.45, 7) is 6.50. The third-order valence-corrected chi connectivity index (χ3v) is 15.7. The van der Waals surface area contributed by atoms with Crippen LogP contribution in [0.3, 0.4) is 0 Å². The molecule has 1 atom stereocenters. The zero-order valence-electron chi connectivity index (χ0n) is 53.6. The highest BCUT2D eigenvalue weighted by molar-refractivity contribution is 5.71. The fourth-order valence-electron chi connectivity index (χ4n) is 10.5. The molecule has 466 valence electrons. The third kappa shape index (κ3) is 65.9. The highest BCUT2D eigenvalue weighted by Crippen LogP contribution is 2.19. The number of unbranched alkanes of at least 4 members (excludes halogenated alkanes) is 44. The van der Waals surface area contributed by atoms with Crippen LogP contribution in [-0.2, 0) is 28.6 Å². The van der Waals surface area contributed by atoms with Gasteiger partial charge < -0.3 is 14.2 Å². The first-order valence-corrected chi connectivity index (χ1v) is 35.3. The summed E-state index contributed by atoms with van der Waals surface area (Å²) >= 11 is 0. The molecule has 1 unspecified atom stereocenters. The van der Waals surface area contributed by atoms with Crippen molar-refractivity contribution >= 4 is 17.9 Å². The Labute approximate surface area is 498 Å². The Kier molecular flexibility index (Phi) is 66.1. The predicted molar refractivity (Wildman–Crippen MR) is 348 cm³/mol. The van der Waals surface area contributed by atoms with Gasteiger partial charge in [-0.25, -0.2) is 0 Å². The fourth-order valence-corrected chi connectivity index (χ4v) is 10.5. The first-order valence-electron chi connectivity index (χ1n) is 35.3. The summed E-state index contributed by atoms with van der Waals surface area (Å²) in [5, 5.41) is 0. The first-order chi connectivity index (χ1) is 39.5. The molecule has 0 aliphatic heterocycles. The van der Waals surface area contributed by atoms with Crippen molar-refractivity contribution in [3.8, 4) is 0 Å². The lowest BCUT2D eigenvalue weighted by molar-refractivity contribution is -0.167. The van der Waals surface area contributed by atoms with Gasteiger partial charge in [-0.15, -0.1) is 0 Å². The summed E-state index contributed by atoms with van der Waals surface area (Å²) in [7, 11) is 0. The molecule has 0 saturated heterocycles. The van der Waals surface area contributed by atoms with Crippen molar-refractivity contribution in [1.29, 1.82) is 0 Å². The summed E-state index contributed by atoms with van der Waals surface area (Å²) in [5.74, 6) is -0.885. The quantitative estimate of drug-likeness (QED) is 0.0261. The van der Waals surface area contributed by atoms with Crippen molar-refractivity contribution in [1.82, 2.24) is 0 Å². The lowest BCUT2D eigenvalue weighted by Gasteiger charge is -2.18. The molecule has 80 heavy (non-hydrogen) atoms. The molecular weight excluding hydrogens is 985 g/mol. The Morgan fingerprint density at radius 2 is 0.512 bits per heavy atom. The maximum atomic E-state index is 12.9. The van der Waals surface area contributed by atoms with Crippen molar-refractivity contribution < 1.29 is 28.6 Å². The van der Waals surface area contributed by atoms with Crippen LogP contribution in [-0.4, -0.2) is 37.2 Å². The van der Waals surface area contributed by atoms with Gasteiger partial charge in [0.05, 0.1) is 0 Å². The molecule has 0 fully saturated rings. The summed E-state index contributed by atoms with van der Waals surface area (Å²) in [4.78, 5) is 38.3. The second-order valence-electron chi connectivity index (χ2n) is 23.8. The van der Waals surface area contributed by atoms with Crippen LogP contribution in [0.25, 0.3) is 0 Å². The SMILES string of the molecule is CC/C=C\C/C=C\C/C=C\CCCCCCCCCC(=O)OC(COC(=O)CCCCCCC/C=C\C/C=C\CCC)COC(=O)CCCCCCCCCCCCCCCCCCCCCCCCCCCCCCCCCC. The smallest absolute Gasteiger partial charge is 0.306 e. The lowest BCUT2D eigenvalue weighted by Crippen LogP contribution is -2.30. The Balaban J connectivity index is 4.13. The molecule has 0 heterocycles. The van der Waals surface area contributed by atoms with Crippen LogP contribution in [0.5, 0.6) is 0 Å². The van der Waals surface area contributed by atoms with Crippen LogP contribution >= 0.6 is 0 Å². The minimum Gasteiger partial charge on any atom is -0.462 e. The summed E-state index contributed by atoms with van der Waals surface area (Å²) in [5.41, 5.74) is 0. The van der Waals surface area contributed by atoms with Crippen molar-refractivity contribution in [2.45, 2.75) is 380 Å². The van der Waals surface area contributed by atoms with E-state index in [0.717, 1.165) is 109 Å². The van der Waals surface area contributed by atoms with Gasteiger partial charge in [-0.1, -0.05) is 338 Å². The van der Waals surface area contributed by atoms with E-state index in [-0.39, 0.29) is 31.1 Å². The van der Waals surface area contributed by atoms with E-state index in [4.69, 9.17) is 14.2 Å². The highest BCUT2D eigenvalue weighted by Gasteiger charge is 2.19. The molecule has 0 spiro atoms. The molecule has 0 aliphatic carbocycles. The van der Waals surface area contributed by atoms with Gasteiger partial charge in [0.25, 0.3) is 0 Å². The Morgan fingerprint density at radius 3 is 0.812 bits per heavy atom. The van der Waals surface area contributed by atoms with E-state index in [0.29, 0.717) is 19.3 Å². The standard InChI is InChI=1S/C74H134O6/c1-4-7-10-13-16-19-22-25-27-29-30-31-32-33-34-35-36-37-38-39-40-41-42-43-45-46-49-52-55-58-61-64-67-73(76)79-70-71(69-78-72(75)66-63-60-57-54-51-48-24-21-18-15-12-9-6-3)80-74(77)68-65-62-59-56-53-50-47-44-28-26-23-20-17-14-11-8-5-2/h8,11-12,15,17,20-21,24,26,28,71H,4-7,9-10,13-14,16,18-19,22-23,25,27,29-70H2,1-3H3/b11-8-,15-12-,20-17-,24-21-,28-26-. The van der Waals surface area contributed by atoms with Gasteiger partial charge in [0.1, 0.15) is 13.2 Å². The molecule has 6 heteroatoms. The minimum atomic E-state index is -0.785. The van der Waals surface area contributed by atoms with Crippen LogP contribution in [0.4, 0.5) is 0 Å². The molecule has 0 aromatic rings. The topological polar surface area (TPSA) is 78.9 Å². The van der Waals surface area contributed by atoms with Crippen LogP contribution in [0, 0.1) is 0 Å². The highest BCUT2D eigenvalue weighted by atomic mass is 16.6. The largest absolute Gasteiger partial charge is 0.462 e. The van der Waals surface area contributed by atoms with Crippen LogP contribution < -0.4 is 0 Å². The average molecular weight is 1120 g/mol. The van der Waals surface area contributed by atoms with Crippen LogP contribution in [0.15, 0.2) is 60.8 Å². The van der Waals surface area contributed by atoms with Crippen molar-refractivity contribution in [2.75, 3.05) is 13.2 Å². The van der Waals surface area contributed by atoms with Gasteiger partial charge in [-0.05, 0) is 77.0 Å². The predicted octanol–water partition coefficient (Wildman–Crippen LogP) is 24.3. The monoisotopic (exact) mass is 1120 g/mol. The molecule has 0 saturated carbocycles. The minimum absolute atomic E-state index is 0.0799. The van der Waals surface area contributed by atoms with E-state index in [9.17, 15) is 14.4 Å². The molecular formula is C74H134O6. The Bertz CT molecular complexity index is 1430. The van der Waals surface area contributed by atoms with E-state index in [1.165, 1.54) is 225 Å². The Hall–Kier alpha value is -2.89. The molecule has 0 bridgehead atoms. The average Bonchev–Trinajstić information content (AvgIpc) is 3.46. The van der Waals surface area contributed by atoms with E-state index >= 15 is 0 Å². The van der Waals surface area contributed by atoms with Crippen molar-refractivity contribution in [2.24, 2.45) is 0 Å². The molecule has 6 nitrogen and oxygen atoms in total. The zero-order valence-corrected chi connectivity index (χ0v) is 53.6. The Morgan fingerprint density at radius 1 is 0.263 bits per heavy atom. The molecule has 0 aromatic heterocycles. The molecule has 0 aromatic carbocycles. The third-order valence-electron chi connectivity index (χ3n) is 15.7. The summed E-state index contributed by atoms with van der Waals surface area (Å²) in [6, 6.07) is 0. The number of rotatable bonds is 65. The van der Waals surface area contributed by atoms with Gasteiger partial charge in [-0.3, -0.25) is 14.4 Å². The van der Waals surface area contributed by atoms with Gasteiger partial charge >= 0.3 is 17.9 Å². The molecule has 0 N–H and O–H groups in total. The molecule has 0 radical (unpaired) electrons. The number of allylic oxidation sites excluding steroid dienone is 10. The molecule has 0 rings (SSSR count). The number of carbonyl (C=O) groups excluding carboxylic acids is 3. The van der Waals surface area contributed by atoms with Crippen molar-refractivity contribution in [3.63, 3.8) is 0 Å². The van der Waals surface area contributed by atoms with Gasteiger partial charge in [0.15, 0.2) is 6.10 Å². The second kappa shape index (κ2) is 68.6. The summed E-state index contributed by atoms with van der Waals surface area (Å²) < 4.78 is 16.9. The zero-order chi connectivity index (χ0) is 57.8. The summed E-state index contributed by atoms with van der Waals surface area (Å²) in [6.07, 6.45) is 88.4.